The maximum atomic E-state index is 13.4. The molecular weight excluding hydrogens is 492 g/mol. The van der Waals surface area contributed by atoms with Crippen molar-refractivity contribution in [1.82, 2.24) is 4.98 Å². The topological polar surface area (TPSA) is 106 Å². The predicted molar refractivity (Wildman–Crippen MR) is 141 cm³/mol. The Labute approximate surface area is 219 Å². The quantitative estimate of drug-likeness (QED) is 0.185. The highest BCUT2D eigenvalue weighted by Gasteiger charge is 2.48. The van der Waals surface area contributed by atoms with Crippen molar-refractivity contribution in [3.05, 3.63) is 81.4 Å². The van der Waals surface area contributed by atoms with E-state index in [1.54, 1.807) is 50.2 Å². The first kappa shape index (κ1) is 26.1. The minimum Gasteiger partial charge on any atom is -0.507 e. The summed E-state index contributed by atoms with van der Waals surface area (Å²) in [7, 11) is 0. The molecule has 0 saturated carbocycles. The molecule has 1 N–H and O–H groups in total. The number of hydrogen-bond acceptors (Lipinski definition) is 8. The summed E-state index contributed by atoms with van der Waals surface area (Å²) in [5.41, 5.74) is 2.32. The van der Waals surface area contributed by atoms with Crippen molar-refractivity contribution < 1.29 is 29.0 Å². The van der Waals surface area contributed by atoms with Gasteiger partial charge in [-0.25, -0.2) is 9.78 Å². The number of anilines is 1. The summed E-state index contributed by atoms with van der Waals surface area (Å²) in [6, 6.07) is 13.1. The Morgan fingerprint density at radius 1 is 1.05 bits per heavy atom. The van der Waals surface area contributed by atoms with Crippen LogP contribution < -0.4 is 9.64 Å². The molecule has 0 bridgehead atoms. The third-order valence-corrected chi connectivity index (χ3v) is 7.03. The Bertz CT molecular complexity index is 1360. The number of aryl methyl sites for hydroxylation is 2. The number of rotatable bonds is 8. The molecule has 2 heterocycles. The zero-order valence-corrected chi connectivity index (χ0v) is 21.9. The monoisotopic (exact) mass is 520 g/mol. The van der Waals surface area contributed by atoms with Gasteiger partial charge in [-0.1, -0.05) is 60.2 Å². The number of Topliss-reactive ketones (excluding diaryl/α,β-unsaturated/α-hetero) is 1. The first-order valence-electron chi connectivity index (χ1n) is 12.0. The average molecular weight is 521 g/mol. The van der Waals surface area contributed by atoms with Gasteiger partial charge in [0.2, 0.25) is 0 Å². The molecule has 1 atom stereocenters. The smallest absolute Gasteiger partial charge is 0.350 e. The van der Waals surface area contributed by atoms with E-state index in [0.717, 1.165) is 23.3 Å². The van der Waals surface area contributed by atoms with Crippen molar-refractivity contribution in [3.63, 3.8) is 0 Å². The molecular formula is C28H28N2O6S. The lowest BCUT2D eigenvalue weighted by atomic mass is 9.95. The minimum absolute atomic E-state index is 0.0541. The van der Waals surface area contributed by atoms with Gasteiger partial charge in [-0.3, -0.25) is 14.5 Å². The fourth-order valence-electron chi connectivity index (χ4n) is 4.05. The zero-order chi connectivity index (χ0) is 26.7. The van der Waals surface area contributed by atoms with E-state index in [-0.39, 0.29) is 27.9 Å². The lowest BCUT2D eigenvalue weighted by Gasteiger charge is -2.23. The fourth-order valence-corrected chi connectivity index (χ4v) is 5.04. The summed E-state index contributed by atoms with van der Waals surface area (Å²) in [5.74, 6) is -1.85. The number of ketones is 1. The van der Waals surface area contributed by atoms with Crippen LogP contribution in [0, 0.1) is 13.8 Å². The number of esters is 1. The zero-order valence-electron chi connectivity index (χ0n) is 21.1. The van der Waals surface area contributed by atoms with Gasteiger partial charge in [-0.05, 0) is 44.9 Å². The van der Waals surface area contributed by atoms with Crippen LogP contribution in [0.1, 0.15) is 58.4 Å². The van der Waals surface area contributed by atoms with E-state index in [4.69, 9.17) is 9.47 Å². The highest BCUT2D eigenvalue weighted by atomic mass is 32.1. The Morgan fingerprint density at radius 3 is 2.35 bits per heavy atom. The number of nitrogens with zero attached hydrogens (tertiary/aromatic N) is 2. The molecule has 192 valence electrons. The van der Waals surface area contributed by atoms with Crippen LogP contribution in [0.15, 0.2) is 54.1 Å². The summed E-state index contributed by atoms with van der Waals surface area (Å²) < 4.78 is 10.8. The van der Waals surface area contributed by atoms with Crippen molar-refractivity contribution in [2.24, 2.45) is 0 Å². The maximum Gasteiger partial charge on any atom is 0.350 e. The molecule has 0 spiro atoms. The molecule has 1 unspecified atom stereocenters. The molecule has 4 rings (SSSR count). The molecule has 8 nitrogen and oxygen atoms in total. The van der Waals surface area contributed by atoms with E-state index in [1.807, 2.05) is 26.0 Å². The van der Waals surface area contributed by atoms with Crippen LogP contribution in [0.5, 0.6) is 5.75 Å². The molecule has 1 aromatic heterocycles. The number of thiazole rings is 1. The van der Waals surface area contributed by atoms with Crippen molar-refractivity contribution in [2.45, 2.75) is 40.2 Å². The summed E-state index contributed by atoms with van der Waals surface area (Å²) in [4.78, 5) is 45.1. The first-order valence-corrected chi connectivity index (χ1v) is 12.8. The van der Waals surface area contributed by atoms with E-state index in [2.05, 4.69) is 4.98 Å². The van der Waals surface area contributed by atoms with Crippen molar-refractivity contribution in [3.8, 4) is 5.75 Å². The molecule has 3 aromatic rings. The molecule has 1 amide bonds. The van der Waals surface area contributed by atoms with Crippen LogP contribution in [0.4, 0.5) is 5.13 Å². The van der Waals surface area contributed by atoms with Crippen LogP contribution >= 0.6 is 11.3 Å². The number of aliphatic hydroxyl groups excluding tert-OH is 1. The molecule has 1 aliphatic rings. The lowest BCUT2D eigenvalue weighted by Crippen LogP contribution is -2.29. The summed E-state index contributed by atoms with van der Waals surface area (Å²) >= 11 is 0.973. The van der Waals surface area contributed by atoms with E-state index in [0.29, 0.717) is 29.2 Å². The first-order chi connectivity index (χ1) is 17.8. The van der Waals surface area contributed by atoms with E-state index in [1.165, 1.54) is 4.90 Å². The second kappa shape index (κ2) is 11.0. The predicted octanol–water partition coefficient (Wildman–Crippen LogP) is 5.35. The van der Waals surface area contributed by atoms with Gasteiger partial charge in [-0.2, -0.15) is 0 Å². The Hall–Kier alpha value is -3.98. The number of carbonyl (C=O) groups excluding carboxylic acids is 3. The summed E-state index contributed by atoms with van der Waals surface area (Å²) in [6.45, 7) is 8.01. The Morgan fingerprint density at radius 2 is 1.73 bits per heavy atom. The number of aliphatic hydroxyl groups is 1. The lowest BCUT2D eigenvalue weighted by molar-refractivity contribution is -0.132. The van der Waals surface area contributed by atoms with Gasteiger partial charge >= 0.3 is 11.9 Å². The molecule has 1 aliphatic heterocycles. The van der Waals surface area contributed by atoms with Gasteiger partial charge in [-0.15, -0.1) is 0 Å². The largest absolute Gasteiger partial charge is 0.507 e. The minimum atomic E-state index is -0.956. The maximum absolute atomic E-state index is 13.4. The van der Waals surface area contributed by atoms with Crippen LogP contribution in [0.2, 0.25) is 0 Å². The van der Waals surface area contributed by atoms with E-state index >= 15 is 0 Å². The van der Waals surface area contributed by atoms with Crippen LogP contribution in [0.25, 0.3) is 5.76 Å². The second-order valence-corrected chi connectivity index (χ2v) is 9.56. The highest BCUT2D eigenvalue weighted by Crippen LogP contribution is 2.44. The number of hydrogen-bond donors (Lipinski definition) is 1. The van der Waals surface area contributed by atoms with Crippen molar-refractivity contribution in [2.75, 3.05) is 18.1 Å². The fraction of sp³-hybridized carbons (Fsp3) is 0.286. The van der Waals surface area contributed by atoms with Gasteiger partial charge in [0.05, 0.1) is 30.5 Å². The van der Waals surface area contributed by atoms with Crippen LogP contribution in [-0.4, -0.2) is 41.0 Å². The molecule has 37 heavy (non-hydrogen) atoms. The second-order valence-electron chi connectivity index (χ2n) is 8.58. The molecule has 0 aliphatic carbocycles. The van der Waals surface area contributed by atoms with Crippen LogP contribution in [-0.2, 0) is 14.3 Å². The molecule has 1 fully saturated rings. The average Bonchev–Trinajstić information content (AvgIpc) is 3.40. The van der Waals surface area contributed by atoms with Gasteiger partial charge in [0, 0.05) is 5.56 Å². The highest BCUT2D eigenvalue weighted by molar-refractivity contribution is 7.17. The molecule has 2 aromatic carbocycles. The van der Waals surface area contributed by atoms with E-state index in [9.17, 15) is 19.5 Å². The molecule has 0 radical (unpaired) electrons. The third kappa shape index (κ3) is 5.13. The number of benzene rings is 2. The van der Waals surface area contributed by atoms with Crippen LogP contribution in [0.3, 0.4) is 0 Å². The molecule has 9 heteroatoms. The Kier molecular flexibility index (Phi) is 7.73. The van der Waals surface area contributed by atoms with Crippen molar-refractivity contribution >= 4 is 39.9 Å². The summed E-state index contributed by atoms with van der Waals surface area (Å²) in [5, 5.41) is 11.4. The van der Waals surface area contributed by atoms with Crippen molar-refractivity contribution in [1.29, 1.82) is 0 Å². The van der Waals surface area contributed by atoms with E-state index < -0.39 is 23.7 Å². The van der Waals surface area contributed by atoms with Gasteiger partial charge < -0.3 is 14.6 Å². The number of amides is 1. The number of carbonyl (C=O) groups is 3. The third-order valence-electron chi connectivity index (χ3n) is 5.89. The van der Waals surface area contributed by atoms with Gasteiger partial charge in [0.1, 0.15) is 16.4 Å². The normalized spacial score (nSPS) is 16.8. The standard InChI is InChI=1S/C28H28N2O6S/c1-5-15-36-20-13-11-18(12-14-20)22-21(23(31)19-9-7-16(3)8-10-19)24(32)26(33)30(22)28-29-17(4)25(37-28)27(34)35-6-2/h7-14,22,31H,5-6,15H2,1-4H3. The number of aromatic nitrogens is 1. The van der Waals surface area contributed by atoms with Gasteiger partial charge in [0.15, 0.2) is 5.13 Å². The number of ether oxygens (including phenoxy) is 2. The molecule has 1 saturated heterocycles. The van der Waals surface area contributed by atoms with Gasteiger partial charge in [0.25, 0.3) is 5.78 Å². The summed E-state index contributed by atoms with van der Waals surface area (Å²) in [6.07, 6.45) is 0.852. The Balaban J connectivity index is 1.86. The SMILES string of the molecule is CCCOc1ccc(C2C(=C(O)c3ccc(C)cc3)C(=O)C(=O)N2c2nc(C)c(C(=O)OCC)s2)cc1.